The summed E-state index contributed by atoms with van der Waals surface area (Å²) in [5, 5.41) is 15.8. The van der Waals surface area contributed by atoms with Crippen LogP contribution in [0, 0.1) is 12.8 Å². The maximum atomic E-state index is 14.4. The number of rotatable bonds is 8. The number of fused-ring (bicyclic) bond motifs is 2. The fraction of sp³-hybridized carbons (Fsp3) is 0.459. The fourth-order valence-electron chi connectivity index (χ4n) is 5.97. The molecule has 0 saturated heterocycles. The van der Waals surface area contributed by atoms with E-state index < -0.39 is 34.1 Å². The van der Waals surface area contributed by atoms with Gasteiger partial charge < -0.3 is 39.6 Å². The summed E-state index contributed by atoms with van der Waals surface area (Å²) in [4.78, 5) is 29.2. The summed E-state index contributed by atoms with van der Waals surface area (Å²) in [7, 11) is -2.27. The zero-order valence-electron chi connectivity index (χ0n) is 29.8. The molecule has 2 aliphatic rings. The molecular formula is C37H48N4O9S. The van der Waals surface area contributed by atoms with Crippen LogP contribution < -0.4 is 24.8 Å². The molecule has 276 valence electrons. The molecule has 0 radical (unpaired) electrons. The zero-order chi connectivity index (χ0) is 36.7. The van der Waals surface area contributed by atoms with Crippen LogP contribution in [0.3, 0.4) is 0 Å². The van der Waals surface area contributed by atoms with Crippen LogP contribution in [0.25, 0.3) is 0 Å². The SMILES string of the molecule is Cc1ccc(S(=O)(=O)N(C)C[C@H]2OCCCC[C@@H](C)Oc3ccc(NC(=O)Nc4ccc5c(c4)OCO5)cc3C(=O)N([C@@H](C)CO)C[C@@H]2C)cc1. The Balaban J connectivity index is 1.39. The van der Waals surface area contributed by atoms with E-state index in [2.05, 4.69) is 10.6 Å². The molecule has 5 rings (SSSR count). The first-order chi connectivity index (χ1) is 24.3. The highest BCUT2D eigenvalue weighted by Gasteiger charge is 2.32. The first kappa shape index (κ1) is 37.9. The van der Waals surface area contributed by atoms with E-state index in [1.54, 1.807) is 72.5 Å². The second kappa shape index (κ2) is 16.8. The standard InChI is InChI=1S/C37H48N4O9S/c1-24-9-13-30(14-10-24)51(45,46)40(5)21-35-25(2)20-41(26(3)22-42)36(43)31-18-28(11-15-32(31)50-27(4)8-6-7-17-47-35)38-37(44)39-29-12-16-33-34(19-29)49-23-48-33/h9-16,18-19,25-27,35,42H,6-8,17,20-23H2,1-5H3,(H2,38,39,44)/t25-,26-,27+,35+/m0/s1. The van der Waals surface area contributed by atoms with Gasteiger partial charge in [0.1, 0.15) is 5.75 Å². The third-order valence-electron chi connectivity index (χ3n) is 9.11. The van der Waals surface area contributed by atoms with Crippen molar-refractivity contribution in [3.05, 3.63) is 71.8 Å². The molecule has 2 heterocycles. The summed E-state index contributed by atoms with van der Waals surface area (Å²) in [6.07, 6.45) is 1.41. The molecule has 0 bridgehead atoms. The Hall–Kier alpha value is -4.37. The predicted octanol–water partition coefficient (Wildman–Crippen LogP) is 5.48. The number of benzene rings is 3. The van der Waals surface area contributed by atoms with Crippen LogP contribution in [0.4, 0.5) is 16.2 Å². The summed E-state index contributed by atoms with van der Waals surface area (Å²) in [6.45, 7) is 7.89. The van der Waals surface area contributed by atoms with E-state index in [4.69, 9.17) is 18.9 Å². The number of ether oxygens (including phenoxy) is 4. The molecule has 3 N–H and O–H groups in total. The van der Waals surface area contributed by atoms with Crippen molar-refractivity contribution in [1.82, 2.24) is 9.21 Å². The van der Waals surface area contributed by atoms with Crippen molar-refractivity contribution in [2.24, 2.45) is 5.92 Å². The van der Waals surface area contributed by atoms with E-state index >= 15 is 0 Å². The number of nitrogens with zero attached hydrogens (tertiary/aromatic N) is 2. The van der Waals surface area contributed by atoms with Gasteiger partial charge in [0.05, 0.1) is 35.3 Å². The van der Waals surface area contributed by atoms with Gasteiger partial charge in [0.2, 0.25) is 16.8 Å². The lowest BCUT2D eigenvalue weighted by Crippen LogP contribution is -2.48. The molecule has 51 heavy (non-hydrogen) atoms. The second-order valence-electron chi connectivity index (χ2n) is 13.3. The number of anilines is 2. The first-order valence-corrected chi connectivity index (χ1v) is 18.6. The highest BCUT2D eigenvalue weighted by molar-refractivity contribution is 7.89. The number of aliphatic hydroxyl groups excluding tert-OH is 1. The lowest BCUT2D eigenvalue weighted by atomic mass is 10.0. The van der Waals surface area contributed by atoms with Gasteiger partial charge in [-0.05, 0) is 82.5 Å². The van der Waals surface area contributed by atoms with Crippen LogP contribution in [0.5, 0.6) is 17.2 Å². The number of amides is 3. The number of carbonyl (C=O) groups excluding carboxylic acids is 2. The van der Waals surface area contributed by atoms with Crippen LogP contribution in [-0.4, -0.2) is 93.1 Å². The Bertz CT molecular complexity index is 1790. The Morgan fingerprint density at radius 2 is 1.65 bits per heavy atom. The quantitative estimate of drug-likeness (QED) is 0.274. The van der Waals surface area contributed by atoms with E-state index in [1.165, 1.54) is 11.4 Å². The molecule has 3 amide bonds. The molecule has 0 aromatic heterocycles. The maximum Gasteiger partial charge on any atom is 0.323 e. The lowest BCUT2D eigenvalue weighted by molar-refractivity contribution is -0.00834. The van der Waals surface area contributed by atoms with Gasteiger partial charge in [-0.25, -0.2) is 13.2 Å². The van der Waals surface area contributed by atoms with Gasteiger partial charge in [-0.15, -0.1) is 0 Å². The van der Waals surface area contributed by atoms with Crippen molar-refractivity contribution in [2.75, 3.05) is 50.8 Å². The van der Waals surface area contributed by atoms with Crippen molar-refractivity contribution in [2.45, 2.75) is 70.1 Å². The van der Waals surface area contributed by atoms with Gasteiger partial charge in [0.25, 0.3) is 5.91 Å². The van der Waals surface area contributed by atoms with Gasteiger partial charge in [0, 0.05) is 50.1 Å². The maximum absolute atomic E-state index is 14.4. The molecule has 0 fully saturated rings. The molecule has 13 nitrogen and oxygen atoms in total. The smallest absolute Gasteiger partial charge is 0.323 e. The molecular weight excluding hydrogens is 676 g/mol. The van der Waals surface area contributed by atoms with Crippen molar-refractivity contribution < 1.29 is 42.1 Å². The van der Waals surface area contributed by atoms with Crippen molar-refractivity contribution in [3.8, 4) is 17.2 Å². The largest absolute Gasteiger partial charge is 0.490 e. The number of aryl methyl sites for hydroxylation is 1. The molecule has 3 aromatic carbocycles. The monoisotopic (exact) mass is 724 g/mol. The molecule has 0 spiro atoms. The number of nitrogens with one attached hydrogen (secondary N) is 2. The third kappa shape index (κ3) is 9.50. The van der Waals surface area contributed by atoms with Crippen LogP contribution in [0.2, 0.25) is 0 Å². The first-order valence-electron chi connectivity index (χ1n) is 17.2. The Morgan fingerprint density at radius 1 is 0.980 bits per heavy atom. The Morgan fingerprint density at radius 3 is 2.35 bits per heavy atom. The van der Waals surface area contributed by atoms with E-state index in [0.29, 0.717) is 41.7 Å². The lowest BCUT2D eigenvalue weighted by Gasteiger charge is -2.35. The minimum atomic E-state index is -3.80. The summed E-state index contributed by atoms with van der Waals surface area (Å²) >= 11 is 0. The summed E-state index contributed by atoms with van der Waals surface area (Å²) in [5.74, 6) is 0.717. The van der Waals surface area contributed by atoms with Gasteiger partial charge in [-0.2, -0.15) is 4.31 Å². The van der Waals surface area contributed by atoms with Crippen LogP contribution in [0.1, 0.15) is 56.0 Å². The summed E-state index contributed by atoms with van der Waals surface area (Å²) in [5.41, 5.74) is 2.01. The van der Waals surface area contributed by atoms with Crippen LogP contribution >= 0.6 is 0 Å². The second-order valence-corrected chi connectivity index (χ2v) is 15.3. The van der Waals surface area contributed by atoms with Crippen molar-refractivity contribution in [1.29, 1.82) is 0 Å². The normalized spacial score (nSPS) is 20.6. The van der Waals surface area contributed by atoms with Gasteiger partial charge in [-0.1, -0.05) is 24.6 Å². The molecule has 0 unspecified atom stereocenters. The van der Waals surface area contributed by atoms with E-state index in [9.17, 15) is 23.1 Å². The minimum Gasteiger partial charge on any atom is -0.490 e. The fourth-order valence-corrected chi connectivity index (χ4v) is 7.16. The minimum absolute atomic E-state index is 0.0650. The highest BCUT2D eigenvalue weighted by Crippen LogP contribution is 2.34. The third-order valence-corrected chi connectivity index (χ3v) is 10.9. The number of likely N-dealkylation sites (N-methyl/N-ethyl adjacent to an activating group) is 1. The molecule has 4 atom stereocenters. The number of urea groups is 1. The summed E-state index contributed by atoms with van der Waals surface area (Å²) in [6, 6.07) is 15.5. The average molecular weight is 725 g/mol. The van der Waals surface area contributed by atoms with Crippen LogP contribution in [0.15, 0.2) is 65.6 Å². The number of hydrogen-bond donors (Lipinski definition) is 3. The van der Waals surface area contributed by atoms with Crippen molar-refractivity contribution in [3.63, 3.8) is 0 Å². The van der Waals surface area contributed by atoms with E-state index in [0.717, 1.165) is 18.4 Å². The predicted molar refractivity (Wildman–Crippen MR) is 193 cm³/mol. The van der Waals surface area contributed by atoms with E-state index in [-0.39, 0.29) is 49.0 Å². The van der Waals surface area contributed by atoms with Gasteiger partial charge in [0.15, 0.2) is 11.5 Å². The van der Waals surface area contributed by atoms with Gasteiger partial charge >= 0.3 is 6.03 Å². The number of carbonyl (C=O) groups is 2. The number of hydrogen-bond acceptors (Lipinski definition) is 9. The molecule has 3 aromatic rings. The average Bonchev–Trinajstić information content (AvgIpc) is 3.57. The Labute approximate surface area is 299 Å². The molecule has 2 aliphatic heterocycles. The molecule has 14 heteroatoms. The van der Waals surface area contributed by atoms with Gasteiger partial charge in [-0.3, -0.25) is 4.79 Å². The Kier molecular flexibility index (Phi) is 12.5. The highest BCUT2D eigenvalue weighted by atomic mass is 32.2. The van der Waals surface area contributed by atoms with E-state index in [1.807, 2.05) is 20.8 Å². The number of sulfonamides is 1. The zero-order valence-corrected chi connectivity index (χ0v) is 30.6. The molecule has 0 saturated carbocycles. The summed E-state index contributed by atoms with van der Waals surface area (Å²) < 4.78 is 51.6. The molecule has 0 aliphatic carbocycles. The topological polar surface area (TPSA) is 156 Å². The van der Waals surface area contributed by atoms with Crippen LogP contribution in [-0.2, 0) is 14.8 Å². The van der Waals surface area contributed by atoms with Crippen molar-refractivity contribution >= 4 is 33.3 Å². The number of aliphatic hydroxyl groups is 1.